The van der Waals surface area contributed by atoms with E-state index in [1.165, 1.54) is 13.0 Å². The average molecular weight is 269 g/mol. The molecule has 15 heavy (non-hydrogen) atoms. The van der Waals surface area contributed by atoms with Crippen LogP contribution in [0.3, 0.4) is 0 Å². The second-order valence-electron chi connectivity index (χ2n) is 3.10. The van der Waals surface area contributed by atoms with E-state index in [1.54, 1.807) is 12.1 Å². The van der Waals surface area contributed by atoms with Crippen LogP contribution in [0, 0.1) is 0 Å². The van der Waals surface area contributed by atoms with Gasteiger partial charge in [0, 0.05) is 11.1 Å². The summed E-state index contributed by atoms with van der Waals surface area (Å²) in [4.78, 5) is 31.9. The standard InChI is InChI=1S/C11H9BrO3/c1-7(15)11(12)10-3-2-8(5-13)4-9(10)6-14/h2-6,11H,1H3. The molecule has 1 aromatic carbocycles. The zero-order chi connectivity index (χ0) is 11.4. The number of hydrogen-bond acceptors (Lipinski definition) is 3. The number of benzene rings is 1. The lowest BCUT2D eigenvalue weighted by atomic mass is 10.0. The monoisotopic (exact) mass is 268 g/mol. The molecular formula is C11H9BrO3. The third-order valence-electron chi connectivity index (χ3n) is 2.00. The normalized spacial score (nSPS) is 11.9. The highest BCUT2D eigenvalue weighted by Gasteiger charge is 2.16. The Morgan fingerprint density at radius 2 is 2.00 bits per heavy atom. The average Bonchev–Trinajstić information content (AvgIpc) is 2.27. The van der Waals surface area contributed by atoms with E-state index >= 15 is 0 Å². The van der Waals surface area contributed by atoms with Crippen molar-refractivity contribution in [3.05, 3.63) is 34.9 Å². The Labute approximate surface area is 95.6 Å². The Hall–Kier alpha value is -1.29. The Balaban J connectivity index is 3.24. The molecule has 0 aliphatic carbocycles. The molecule has 1 aromatic rings. The number of hydrogen-bond donors (Lipinski definition) is 0. The van der Waals surface area contributed by atoms with Gasteiger partial charge in [-0.1, -0.05) is 28.1 Å². The first-order chi connectivity index (χ1) is 7.10. The van der Waals surface area contributed by atoms with Crippen LogP contribution in [-0.2, 0) is 4.79 Å². The molecule has 1 rings (SSSR count). The van der Waals surface area contributed by atoms with E-state index in [-0.39, 0.29) is 5.78 Å². The van der Waals surface area contributed by atoms with Gasteiger partial charge >= 0.3 is 0 Å². The molecule has 1 atom stereocenters. The maximum Gasteiger partial charge on any atom is 0.150 e. The number of carbonyl (C=O) groups is 3. The van der Waals surface area contributed by atoms with Crippen molar-refractivity contribution in [2.45, 2.75) is 11.8 Å². The van der Waals surface area contributed by atoms with E-state index in [0.717, 1.165) is 0 Å². The van der Waals surface area contributed by atoms with Gasteiger partial charge in [-0.3, -0.25) is 14.4 Å². The second-order valence-corrected chi connectivity index (χ2v) is 4.01. The van der Waals surface area contributed by atoms with Gasteiger partial charge in [0.25, 0.3) is 0 Å². The molecule has 0 amide bonds. The molecule has 78 valence electrons. The van der Waals surface area contributed by atoms with E-state index < -0.39 is 4.83 Å². The van der Waals surface area contributed by atoms with Gasteiger partial charge in [-0.05, 0) is 18.6 Å². The fourth-order valence-corrected chi connectivity index (χ4v) is 1.64. The minimum atomic E-state index is -0.501. The van der Waals surface area contributed by atoms with Gasteiger partial charge in [0.05, 0.1) is 4.83 Å². The van der Waals surface area contributed by atoms with Crippen molar-refractivity contribution >= 4 is 34.3 Å². The highest BCUT2D eigenvalue weighted by molar-refractivity contribution is 9.09. The number of carbonyl (C=O) groups excluding carboxylic acids is 3. The first-order valence-corrected chi connectivity index (χ1v) is 5.20. The van der Waals surface area contributed by atoms with Gasteiger partial charge in [-0.25, -0.2) is 0 Å². The number of halogens is 1. The summed E-state index contributed by atoms with van der Waals surface area (Å²) < 4.78 is 0. The largest absolute Gasteiger partial charge is 0.298 e. The summed E-state index contributed by atoms with van der Waals surface area (Å²) in [5.74, 6) is -0.0862. The fraction of sp³-hybridized carbons (Fsp3) is 0.182. The van der Waals surface area contributed by atoms with Crippen molar-refractivity contribution in [1.29, 1.82) is 0 Å². The zero-order valence-corrected chi connectivity index (χ0v) is 9.65. The van der Waals surface area contributed by atoms with Gasteiger partial charge in [-0.15, -0.1) is 0 Å². The van der Waals surface area contributed by atoms with Crippen molar-refractivity contribution in [1.82, 2.24) is 0 Å². The fourth-order valence-electron chi connectivity index (χ4n) is 1.22. The summed E-state index contributed by atoms with van der Waals surface area (Å²) in [6.45, 7) is 1.43. The maximum atomic E-state index is 11.1. The summed E-state index contributed by atoms with van der Waals surface area (Å²) in [5, 5.41) is 0. The van der Waals surface area contributed by atoms with Crippen LogP contribution in [0.2, 0.25) is 0 Å². The molecule has 0 bridgehead atoms. The number of alkyl halides is 1. The van der Waals surface area contributed by atoms with E-state index in [1.807, 2.05) is 0 Å². The molecule has 0 N–H and O–H groups in total. The molecule has 0 aliphatic rings. The van der Waals surface area contributed by atoms with Gasteiger partial charge < -0.3 is 0 Å². The van der Waals surface area contributed by atoms with Crippen LogP contribution in [-0.4, -0.2) is 18.4 Å². The van der Waals surface area contributed by atoms with Gasteiger partial charge in [-0.2, -0.15) is 0 Å². The molecule has 0 spiro atoms. The SMILES string of the molecule is CC(=O)C(Br)c1ccc(C=O)cc1C=O. The van der Waals surface area contributed by atoms with Gasteiger partial charge in [0.15, 0.2) is 0 Å². The summed E-state index contributed by atoms with van der Waals surface area (Å²) in [7, 11) is 0. The Kier molecular flexibility index (Phi) is 3.91. The van der Waals surface area contributed by atoms with E-state index in [9.17, 15) is 14.4 Å². The van der Waals surface area contributed by atoms with Crippen molar-refractivity contribution in [2.75, 3.05) is 0 Å². The predicted molar refractivity (Wildman–Crippen MR) is 59.6 cm³/mol. The van der Waals surface area contributed by atoms with Crippen molar-refractivity contribution in [2.24, 2.45) is 0 Å². The van der Waals surface area contributed by atoms with E-state index in [0.29, 0.717) is 29.3 Å². The molecule has 0 aromatic heterocycles. The first-order valence-electron chi connectivity index (χ1n) is 4.29. The molecule has 0 radical (unpaired) electrons. The topological polar surface area (TPSA) is 51.2 Å². The van der Waals surface area contributed by atoms with Gasteiger partial charge in [0.1, 0.15) is 18.4 Å². The summed E-state index contributed by atoms with van der Waals surface area (Å²) in [5.41, 5.74) is 1.36. The van der Waals surface area contributed by atoms with Crippen molar-refractivity contribution < 1.29 is 14.4 Å². The van der Waals surface area contributed by atoms with Crippen LogP contribution in [0.4, 0.5) is 0 Å². The smallest absolute Gasteiger partial charge is 0.150 e. The molecule has 0 fully saturated rings. The lowest BCUT2D eigenvalue weighted by Gasteiger charge is -2.09. The third kappa shape index (κ3) is 2.59. The third-order valence-corrected chi connectivity index (χ3v) is 3.14. The number of aldehydes is 2. The Morgan fingerprint density at radius 3 is 2.47 bits per heavy atom. The zero-order valence-electron chi connectivity index (χ0n) is 8.07. The summed E-state index contributed by atoms with van der Waals surface area (Å²) >= 11 is 3.19. The summed E-state index contributed by atoms with van der Waals surface area (Å²) in [6.07, 6.45) is 1.30. The molecule has 0 saturated carbocycles. The minimum absolute atomic E-state index is 0.0862. The molecule has 0 heterocycles. The highest BCUT2D eigenvalue weighted by Crippen LogP contribution is 2.26. The number of ketones is 1. The Bertz CT molecular complexity index is 412. The summed E-state index contributed by atoms with van der Waals surface area (Å²) in [6, 6.07) is 4.65. The van der Waals surface area contributed by atoms with Crippen LogP contribution in [0.25, 0.3) is 0 Å². The minimum Gasteiger partial charge on any atom is -0.298 e. The quantitative estimate of drug-likeness (QED) is 0.622. The van der Waals surface area contributed by atoms with Crippen LogP contribution < -0.4 is 0 Å². The molecular weight excluding hydrogens is 260 g/mol. The molecule has 4 heteroatoms. The maximum absolute atomic E-state index is 11.1. The van der Waals surface area contributed by atoms with E-state index in [2.05, 4.69) is 15.9 Å². The highest BCUT2D eigenvalue weighted by atomic mass is 79.9. The molecule has 0 saturated heterocycles. The van der Waals surface area contributed by atoms with Crippen molar-refractivity contribution in [3.63, 3.8) is 0 Å². The predicted octanol–water partition coefficient (Wildman–Crippen LogP) is 2.34. The number of Topliss-reactive ketones (excluding diaryl/α,β-unsaturated/α-hetero) is 1. The molecule has 3 nitrogen and oxygen atoms in total. The van der Waals surface area contributed by atoms with Crippen LogP contribution >= 0.6 is 15.9 Å². The second kappa shape index (κ2) is 4.98. The lowest BCUT2D eigenvalue weighted by molar-refractivity contribution is -0.116. The number of rotatable bonds is 4. The van der Waals surface area contributed by atoms with Crippen molar-refractivity contribution in [3.8, 4) is 0 Å². The van der Waals surface area contributed by atoms with Crippen LogP contribution in [0.1, 0.15) is 38.0 Å². The van der Waals surface area contributed by atoms with Gasteiger partial charge in [0.2, 0.25) is 0 Å². The molecule has 0 aliphatic heterocycles. The lowest BCUT2D eigenvalue weighted by Crippen LogP contribution is -2.05. The van der Waals surface area contributed by atoms with Crippen LogP contribution in [0.5, 0.6) is 0 Å². The first kappa shape index (κ1) is 11.8. The Morgan fingerprint density at radius 1 is 1.33 bits per heavy atom. The van der Waals surface area contributed by atoms with Crippen LogP contribution in [0.15, 0.2) is 18.2 Å². The van der Waals surface area contributed by atoms with E-state index in [4.69, 9.17) is 0 Å². The molecule has 1 unspecified atom stereocenters.